The number of likely N-dealkylation sites (tertiary alicyclic amines) is 1. The van der Waals surface area contributed by atoms with E-state index in [9.17, 15) is 17.6 Å². The lowest BCUT2D eigenvalue weighted by Gasteiger charge is -2.32. The summed E-state index contributed by atoms with van der Waals surface area (Å²) in [4.78, 5) is 14.4. The van der Waals surface area contributed by atoms with Crippen molar-refractivity contribution < 1.29 is 17.6 Å². The molecule has 1 aromatic heterocycles. The highest BCUT2D eigenvalue weighted by atomic mass is 32.2. The first-order valence-electron chi connectivity index (χ1n) is 9.79. The van der Waals surface area contributed by atoms with Gasteiger partial charge in [-0.3, -0.25) is 4.79 Å². The Morgan fingerprint density at radius 1 is 1.06 bits per heavy atom. The summed E-state index contributed by atoms with van der Waals surface area (Å²) in [6.07, 6.45) is 2.80. The Kier molecular flexibility index (Phi) is 6.05. The summed E-state index contributed by atoms with van der Waals surface area (Å²) in [6, 6.07) is 11.8. The van der Waals surface area contributed by atoms with Crippen molar-refractivity contribution in [3.05, 3.63) is 66.2 Å². The van der Waals surface area contributed by atoms with Crippen molar-refractivity contribution >= 4 is 15.9 Å². The van der Waals surface area contributed by atoms with Crippen molar-refractivity contribution in [3.8, 4) is 5.69 Å². The number of amides is 1. The summed E-state index contributed by atoms with van der Waals surface area (Å²) in [5.41, 5.74) is 1.68. The summed E-state index contributed by atoms with van der Waals surface area (Å²) in [5.74, 6) is -0.495. The van der Waals surface area contributed by atoms with Gasteiger partial charge in [-0.25, -0.2) is 22.2 Å². The summed E-state index contributed by atoms with van der Waals surface area (Å²) in [6.45, 7) is 0.941. The van der Waals surface area contributed by atoms with Crippen molar-refractivity contribution in [3.63, 3.8) is 0 Å². The van der Waals surface area contributed by atoms with Crippen LogP contribution < -0.4 is 4.72 Å². The van der Waals surface area contributed by atoms with Crippen molar-refractivity contribution in [1.82, 2.24) is 29.8 Å². The molecular weight excluding hydrogens is 423 g/mol. The minimum absolute atomic E-state index is 0.00462. The maximum Gasteiger partial charge on any atom is 0.240 e. The Bertz CT molecular complexity index is 1130. The fourth-order valence-electron chi connectivity index (χ4n) is 3.48. The number of carbonyl (C=O) groups excluding carboxylic acids is 1. The molecule has 1 saturated heterocycles. The van der Waals surface area contributed by atoms with Gasteiger partial charge in [-0.1, -0.05) is 12.1 Å². The first-order chi connectivity index (χ1) is 14.9. The molecule has 0 spiro atoms. The van der Waals surface area contributed by atoms with Gasteiger partial charge in [0.25, 0.3) is 0 Å². The van der Waals surface area contributed by atoms with Gasteiger partial charge >= 0.3 is 0 Å². The molecule has 1 fully saturated rings. The molecule has 162 valence electrons. The van der Waals surface area contributed by atoms with E-state index in [-0.39, 0.29) is 23.3 Å². The van der Waals surface area contributed by atoms with Crippen LogP contribution in [-0.4, -0.2) is 58.6 Å². The van der Waals surface area contributed by atoms with Gasteiger partial charge in [0.2, 0.25) is 15.9 Å². The predicted molar refractivity (Wildman–Crippen MR) is 109 cm³/mol. The van der Waals surface area contributed by atoms with Crippen LogP contribution in [0.2, 0.25) is 0 Å². The lowest BCUT2D eigenvalue weighted by Crippen LogP contribution is -2.46. The first kappa shape index (κ1) is 21.1. The van der Waals surface area contributed by atoms with Crippen LogP contribution in [0, 0.1) is 5.82 Å². The Hall–Kier alpha value is -3.18. The lowest BCUT2D eigenvalue weighted by atomic mass is 10.0. The zero-order valence-corrected chi connectivity index (χ0v) is 17.4. The fourth-order valence-corrected chi connectivity index (χ4v) is 4.79. The van der Waals surface area contributed by atoms with Crippen LogP contribution in [0.4, 0.5) is 4.39 Å². The fraction of sp³-hybridized carbons (Fsp3) is 0.300. The molecule has 0 atom stereocenters. The Balaban J connectivity index is 1.29. The average molecular weight is 444 g/mol. The van der Waals surface area contributed by atoms with Crippen molar-refractivity contribution in [2.45, 2.75) is 30.2 Å². The number of nitrogens with one attached hydrogen (secondary N) is 1. The number of piperidine rings is 1. The highest BCUT2D eigenvalue weighted by Crippen LogP contribution is 2.17. The Morgan fingerprint density at radius 2 is 1.74 bits per heavy atom. The highest BCUT2D eigenvalue weighted by Gasteiger charge is 2.26. The Morgan fingerprint density at radius 3 is 2.35 bits per heavy atom. The van der Waals surface area contributed by atoms with Crippen molar-refractivity contribution in [2.75, 3.05) is 13.1 Å². The molecule has 31 heavy (non-hydrogen) atoms. The van der Waals surface area contributed by atoms with E-state index in [4.69, 9.17) is 0 Å². The summed E-state index contributed by atoms with van der Waals surface area (Å²) in [7, 11) is -3.72. The number of rotatable bonds is 6. The summed E-state index contributed by atoms with van der Waals surface area (Å²) < 4.78 is 42.1. The number of halogens is 1. The SMILES string of the molecule is O=C(Cc1ccc(-n2cnnn2)cc1)N1CCC(NS(=O)(=O)c2ccc(F)cc2)CC1. The zero-order valence-electron chi connectivity index (χ0n) is 16.6. The van der Waals surface area contributed by atoms with E-state index in [0.29, 0.717) is 25.9 Å². The molecule has 0 radical (unpaired) electrons. The molecule has 1 aliphatic heterocycles. The summed E-state index contributed by atoms with van der Waals surface area (Å²) in [5, 5.41) is 11.0. The van der Waals surface area contributed by atoms with Crippen LogP contribution in [-0.2, 0) is 21.2 Å². The number of tetrazole rings is 1. The zero-order chi connectivity index (χ0) is 21.8. The third-order valence-electron chi connectivity index (χ3n) is 5.20. The van der Waals surface area contributed by atoms with Crippen LogP contribution >= 0.6 is 0 Å². The van der Waals surface area contributed by atoms with Gasteiger partial charge < -0.3 is 4.90 Å². The normalized spacial score (nSPS) is 15.2. The van der Waals surface area contributed by atoms with Gasteiger partial charge in [-0.2, -0.15) is 0 Å². The van der Waals surface area contributed by atoms with Crippen molar-refractivity contribution in [2.24, 2.45) is 0 Å². The minimum Gasteiger partial charge on any atom is -0.342 e. The maximum atomic E-state index is 13.0. The van der Waals surface area contributed by atoms with Crippen molar-refractivity contribution in [1.29, 1.82) is 0 Å². The number of benzene rings is 2. The van der Waals surface area contributed by atoms with Crippen LogP contribution in [0.1, 0.15) is 18.4 Å². The first-order valence-corrected chi connectivity index (χ1v) is 11.3. The number of aromatic nitrogens is 4. The molecule has 11 heteroatoms. The smallest absolute Gasteiger partial charge is 0.240 e. The molecule has 1 aliphatic rings. The van der Waals surface area contributed by atoms with Crippen LogP contribution in [0.15, 0.2) is 59.8 Å². The second-order valence-electron chi connectivity index (χ2n) is 7.33. The van der Waals surface area contributed by atoms with E-state index in [2.05, 4.69) is 20.2 Å². The molecule has 1 amide bonds. The van der Waals surface area contributed by atoms with E-state index < -0.39 is 15.8 Å². The van der Waals surface area contributed by atoms with Gasteiger partial charge in [-0.05, 0) is 65.2 Å². The molecule has 0 aliphatic carbocycles. The molecule has 0 saturated carbocycles. The van der Waals surface area contributed by atoms with Gasteiger partial charge in [0.05, 0.1) is 17.0 Å². The number of hydrogen-bond donors (Lipinski definition) is 1. The van der Waals surface area contributed by atoms with E-state index >= 15 is 0 Å². The lowest BCUT2D eigenvalue weighted by molar-refractivity contribution is -0.131. The van der Waals surface area contributed by atoms with E-state index in [0.717, 1.165) is 23.4 Å². The van der Waals surface area contributed by atoms with Crippen LogP contribution in [0.5, 0.6) is 0 Å². The highest BCUT2D eigenvalue weighted by molar-refractivity contribution is 7.89. The van der Waals surface area contributed by atoms with E-state index in [1.807, 2.05) is 24.3 Å². The van der Waals surface area contributed by atoms with Gasteiger partial charge in [0.1, 0.15) is 12.1 Å². The van der Waals surface area contributed by atoms with E-state index in [1.54, 1.807) is 4.90 Å². The molecule has 1 N–H and O–H groups in total. The monoisotopic (exact) mass is 444 g/mol. The second-order valence-corrected chi connectivity index (χ2v) is 9.04. The van der Waals surface area contributed by atoms with Gasteiger partial charge in [0, 0.05) is 19.1 Å². The molecule has 0 bridgehead atoms. The molecule has 9 nitrogen and oxygen atoms in total. The summed E-state index contributed by atoms with van der Waals surface area (Å²) >= 11 is 0. The largest absolute Gasteiger partial charge is 0.342 e. The predicted octanol–water partition coefficient (Wildman–Crippen LogP) is 1.31. The third-order valence-corrected chi connectivity index (χ3v) is 6.74. The molecule has 0 unspecified atom stereocenters. The van der Waals surface area contributed by atoms with Crippen LogP contribution in [0.25, 0.3) is 5.69 Å². The number of hydrogen-bond acceptors (Lipinski definition) is 6. The topological polar surface area (TPSA) is 110 Å². The second kappa shape index (κ2) is 8.90. The average Bonchev–Trinajstić information content (AvgIpc) is 3.30. The van der Waals surface area contributed by atoms with E-state index in [1.165, 1.54) is 23.1 Å². The molecule has 2 aromatic carbocycles. The molecule has 2 heterocycles. The maximum absolute atomic E-state index is 13.0. The quantitative estimate of drug-likeness (QED) is 0.614. The number of nitrogens with zero attached hydrogens (tertiary/aromatic N) is 5. The molecule has 4 rings (SSSR count). The minimum atomic E-state index is -3.72. The number of carbonyl (C=O) groups is 1. The Labute approximate surface area is 178 Å². The molecular formula is C20H21FN6O3S. The van der Waals surface area contributed by atoms with Gasteiger partial charge in [0.15, 0.2) is 0 Å². The third kappa shape index (κ3) is 5.12. The van der Waals surface area contributed by atoms with Gasteiger partial charge in [-0.15, -0.1) is 5.10 Å². The van der Waals surface area contributed by atoms with Crippen LogP contribution in [0.3, 0.4) is 0 Å². The standard InChI is InChI=1S/C20H21FN6O3S/c21-16-3-7-19(8-4-16)31(29,30)23-17-9-11-26(12-10-17)20(28)13-15-1-5-18(6-2-15)27-14-22-24-25-27/h1-8,14,17,23H,9-13H2. The number of sulfonamides is 1. The molecule has 3 aromatic rings.